The van der Waals surface area contributed by atoms with Crippen LogP contribution in [0.3, 0.4) is 0 Å². The molecule has 1 aliphatic heterocycles. The van der Waals surface area contributed by atoms with Crippen LogP contribution in [-0.4, -0.2) is 66.1 Å². The third kappa shape index (κ3) is 6.12. The fraction of sp³-hybridized carbons (Fsp3) is 0.458. The molecule has 1 aliphatic rings. The highest BCUT2D eigenvalue weighted by Gasteiger charge is 2.22. The lowest BCUT2D eigenvalue weighted by Crippen LogP contribution is -3.14. The lowest BCUT2D eigenvalue weighted by Gasteiger charge is -2.29. The maximum Gasteiger partial charge on any atom is 0.282 e. The number of benzene rings is 2. The van der Waals surface area contributed by atoms with Crippen molar-refractivity contribution in [3.63, 3.8) is 0 Å². The fourth-order valence-electron chi connectivity index (χ4n) is 3.65. The van der Waals surface area contributed by atoms with E-state index < -0.39 is 0 Å². The van der Waals surface area contributed by atoms with E-state index in [1.807, 2.05) is 44.3 Å². The van der Waals surface area contributed by atoms with Crippen LogP contribution in [0.4, 0.5) is 11.4 Å². The molecule has 0 aromatic heterocycles. The molecule has 0 aliphatic carbocycles. The molecule has 0 spiro atoms. The van der Waals surface area contributed by atoms with Gasteiger partial charge in [-0.3, -0.25) is 4.79 Å². The highest BCUT2D eigenvalue weighted by Crippen LogP contribution is 2.27. The normalized spacial score (nSPS) is 15.8. The first-order chi connectivity index (χ1) is 15.0. The number of carbonyl (C=O) groups is 1. The molecule has 0 radical (unpaired) electrons. The van der Waals surface area contributed by atoms with E-state index in [0.717, 1.165) is 72.6 Å². The van der Waals surface area contributed by atoms with Gasteiger partial charge in [-0.15, -0.1) is 0 Å². The standard InChI is InChI=1S/C24H33N3O4/c1-18(26(2)12-11-19-5-10-22(29-3)23(17-19)30-4)24(28)25-20-6-8-21(9-7-20)27-13-15-31-16-14-27/h5-10,17-18H,11-16H2,1-4H3,(H,25,28)/p+1/t18-/m0/s1. The Hall–Kier alpha value is -2.77. The molecule has 0 saturated carbocycles. The first-order valence-electron chi connectivity index (χ1n) is 10.8. The van der Waals surface area contributed by atoms with Gasteiger partial charge in [-0.05, 0) is 48.9 Å². The first kappa shape index (κ1) is 22.9. The smallest absolute Gasteiger partial charge is 0.282 e. The van der Waals surface area contributed by atoms with Crippen LogP contribution in [0.15, 0.2) is 42.5 Å². The van der Waals surface area contributed by atoms with Gasteiger partial charge in [0.1, 0.15) is 0 Å². The molecule has 2 atom stereocenters. The van der Waals surface area contributed by atoms with Crippen molar-refractivity contribution in [3.8, 4) is 11.5 Å². The van der Waals surface area contributed by atoms with Gasteiger partial charge >= 0.3 is 0 Å². The van der Waals surface area contributed by atoms with E-state index in [1.165, 1.54) is 0 Å². The number of ether oxygens (including phenoxy) is 3. The minimum absolute atomic E-state index is 0.0175. The van der Waals surface area contributed by atoms with Gasteiger partial charge in [0.25, 0.3) is 5.91 Å². The van der Waals surface area contributed by atoms with Crippen LogP contribution >= 0.6 is 0 Å². The first-order valence-corrected chi connectivity index (χ1v) is 10.8. The molecule has 7 heteroatoms. The van der Waals surface area contributed by atoms with E-state index in [2.05, 4.69) is 22.3 Å². The van der Waals surface area contributed by atoms with Gasteiger partial charge in [0.2, 0.25) is 0 Å². The maximum atomic E-state index is 12.7. The van der Waals surface area contributed by atoms with Crippen molar-refractivity contribution in [1.82, 2.24) is 0 Å². The van der Waals surface area contributed by atoms with Crippen LogP contribution in [0.2, 0.25) is 0 Å². The summed E-state index contributed by atoms with van der Waals surface area (Å²) in [5.41, 5.74) is 3.14. The summed E-state index contributed by atoms with van der Waals surface area (Å²) in [4.78, 5) is 16.2. The quantitative estimate of drug-likeness (QED) is 0.636. The molecule has 168 valence electrons. The largest absolute Gasteiger partial charge is 0.493 e. The topological polar surface area (TPSA) is 64.5 Å². The zero-order valence-electron chi connectivity index (χ0n) is 18.9. The van der Waals surface area contributed by atoms with Crippen LogP contribution in [0, 0.1) is 0 Å². The lowest BCUT2D eigenvalue weighted by molar-refractivity contribution is -0.893. The van der Waals surface area contributed by atoms with Gasteiger partial charge in [-0.25, -0.2) is 0 Å². The molecule has 3 rings (SSSR count). The van der Waals surface area contributed by atoms with Crippen LogP contribution in [0.25, 0.3) is 0 Å². The van der Waals surface area contributed by atoms with Gasteiger partial charge in [-0.1, -0.05) is 6.07 Å². The number of carbonyl (C=O) groups excluding carboxylic acids is 1. The molecule has 1 saturated heterocycles. The second-order valence-electron chi connectivity index (χ2n) is 7.89. The van der Waals surface area contributed by atoms with Crippen molar-refractivity contribution in [2.24, 2.45) is 0 Å². The summed E-state index contributed by atoms with van der Waals surface area (Å²) in [6.07, 6.45) is 0.845. The molecule has 1 heterocycles. The predicted molar refractivity (Wildman–Crippen MR) is 123 cm³/mol. The van der Waals surface area contributed by atoms with Crippen molar-refractivity contribution in [1.29, 1.82) is 0 Å². The molecule has 7 nitrogen and oxygen atoms in total. The number of rotatable bonds is 9. The number of likely N-dealkylation sites (N-methyl/N-ethyl adjacent to an activating group) is 1. The Labute approximate surface area is 184 Å². The Bertz CT molecular complexity index is 850. The Morgan fingerprint density at radius 2 is 1.77 bits per heavy atom. The predicted octanol–water partition coefficient (Wildman–Crippen LogP) is 1.62. The number of methoxy groups -OCH3 is 2. The van der Waals surface area contributed by atoms with Crippen molar-refractivity contribution in [3.05, 3.63) is 48.0 Å². The molecular weight excluding hydrogens is 394 g/mol. The highest BCUT2D eigenvalue weighted by molar-refractivity contribution is 5.93. The Kier molecular flexibility index (Phi) is 8.14. The number of quaternary nitrogens is 1. The van der Waals surface area contributed by atoms with Gasteiger partial charge in [0.15, 0.2) is 17.5 Å². The molecule has 1 amide bonds. The van der Waals surface area contributed by atoms with Crippen molar-refractivity contribution < 1.29 is 23.9 Å². The number of nitrogens with one attached hydrogen (secondary N) is 2. The molecule has 1 fully saturated rings. The summed E-state index contributed by atoms with van der Waals surface area (Å²) < 4.78 is 16.1. The molecule has 0 bridgehead atoms. The SMILES string of the molecule is COc1ccc(CC[NH+](C)[C@@H](C)C(=O)Nc2ccc(N3CCOCC3)cc2)cc1OC. The number of nitrogens with zero attached hydrogens (tertiary/aromatic N) is 1. The number of hydrogen-bond acceptors (Lipinski definition) is 5. The molecule has 31 heavy (non-hydrogen) atoms. The molecule has 2 aromatic rings. The van der Waals surface area contributed by atoms with Gasteiger partial charge < -0.3 is 29.3 Å². The number of morpholine rings is 1. The summed E-state index contributed by atoms with van der Waals surface area (Å²) in [5, 5.41) is 3.04. The number of amides is 1. The van der Waals surface area contributed by atoms with Crippen molar-refractivity contribution in [2.45, 2.75) is 19.4 Å². The van der Waals surface area contributed by atoms with E-state index in [4.69, 9.17) is 14.2 Å². The summed E-state index contributed by atoms with van der Waals surface area (Å²) in [7, 11) is 5.32. The van der Waals surface area contributed by atoms with E-state index in [9.17, 15) is 4.79 Å². The number of anilines is 2. The molecule has 2 N–H and O–H groups in total. The molecule has 1 unspecified atom stereocenters. The maximum absolute atomic E-state index is 12.7. The van der Waals surface area contributed by atoms with Crippen LogP contribution < -0.4 is 24.6 Å². The van der Waals surface area contributed by atoms with Crippen LogP contribution in [0.1, 0.15) is 12.5 Å². The Balaban J connectivity index is 1.51. The summed E-state index contributed by atoms with van der Waals surface area (Å²) >= 11 is 0. The monoisotopic (exact) mass is 428 g/mol. The Morgan fingerprint density at radius 3 is 2.42 bits per heavy atom. The second-order valence-corrected chi connectivity index (χ2v) is 7.89. The van der Waals surface area contributed by atoms with E-state index in [-0.39, 0.29) is 11.9 Å². The third-order valence-corrected chi connectivity index (χ3v) is 5.90. The minimum atomic E-state index is -0.168. The van der Waals surface area contributed by atoms with Gasteiger partial charge in [0.05, 0.1) is 41.0 Å². The van der Waals surface area contributed by atoms with E-state index in [0.29, 0.717) is 0 Å². The van der Waals surface area contributed by atoms with Crippen LogP contribution in [-0.2, 0) is 16.0 Å². The third-order valence-electron chi connectivity index (χ3n) is 5.90. The van der Waals surface area contributed by atoms with Crippen LogP contribution in [0.5, 0.6) is 11.5 Å². The van der Waals surface area contributed by atoms with E-state index >= 15 is 0 Å². The summed E-state index contributed by atoms with van der Waals surface area (Å²) in [6.45, 7) is 6.11. The van der Waals surface area contributed by atoms with Gasteiger partial charge in [0, 0.05) is 30.9 Å². The average Bonchev–Trinajstić information content (AvgIpc) is 2.82. The zero-order chi connectivity index (χ0) is 22.2. The Morgan fingerprint density at radius 1 is 1.10 bits per heavy atom. The number of hydrogen-bond donors (Lipinski definition) is 2. The summed E-state index contributed by atoms with van der Waals surface area (Å²) in [6, 6.07) is 13.8. The summed E-state index contributed by atoms with van der Waals surface area (Å²) in [5.74, 6) is 1.47. The van der Waals surface area contributed by atoms with Crippen molar-refractivity contribution >= 4 is 17.3 Å². The van der Waals surface area contributed by atoms with E-state index in [1.54, 1.807) is 14.2 Å². The van der Waals surface area contributed by atoms with Gasteiger partial charge in [-0.2, -0.15) is 0 Å². The lowest BCUT2D eigenvalue weighted by atomic mass is 10.1. The average molecular weight is 429 g/mol. The zero-order valence-corrected chi connectivity index (χ0v) is 18.9. The fourth-order valence-corrected chi connectivity index (χ4v) is 3.65. The molecule has 2 aromatic carbocycles. The highest BCUT2D eigenvalue weighted by atomic mass is 16.5. The van der Waals surface area contributed by atoms with Crippen molar-refractivity contribution in [2.75, 3.05) is 64.3 Å². The second kappa shape index (κ2) is 11.0. The minimum Gasteiger partial charge on any atom is -0.493 e. The molecular formula is C24H34N3O4+.